The Morgan fingerprint density at radius 2 is 1.83 bits per heavy atom. The Morgan fingerprint density at radius 1 is 1.17 bits per heavy atom. The van der Waals surface area contributed by atoms with E-state index in [1.807, 2.05) is 6.07 Å². The lowest BCUT2D eigenvalue weighted by molar-refractivity contribution is -0.151. The number of hydrogen-bond donors (Lipinski definition) is 1. The van der Waals surface area contributed by atoms with Crippen molar-refractivity contribution in [2.45, 2.75) is 32.4 Å². The van der Waals surface area contributed by atoms with Crippen LogP contribution in [0, 0.1) is 13.8 Å². The molecule has 6 heteroatoms. The second-order valence-electron chi connectivity index (χ2n) is 5.56. The molecule has 2 aromatic rings. The molecule has 0 saturated heterocycles. The van der Waals surface area contributed by atoms with Gasteiger partial charge in [0.15, 0.2) is 0 Å². The van der Waals surface area contributed by atoms with Gasteiger partial charge in [0.1, 0.15) is 5.82 Å². The molecule has 23 heavy (non-hydrogen) atoms. The van der Waals surface area contributed by atoms with Crippen molar-refractivity contribution >= 4 is 17.4 Å². The molecule has 0 unspecified atom stereocenters. The van der Waals surface area contributed by atoms with Crippen molar-refractivity contribution in [3.8, 4) is 0 Å². The first-order valence-electron chi connectivity index (χ1n) is 7.26. The van der Waals surface area contributed by atoms with Crippen LogP contribution in [0.15, 0.2) is 36.5 Å². The van der Waals surface area contributed by atoms with Crippen molar-refractivity contribution in [2.24, 2.45) is 0 Å². The summed E-state index contributed by atoms with van der Waals surface area (Å²) >= 11 is 5.94. The number of aryl methyl sites for hydroxylation is 2. The molecule has 1 heterocycles. The van der Waals surface area contributed by atoms with Gasteiger partial charge in [-0.25, -0.2) is 4.98 Å². The molecular formula is C17H18ClF3N2. The molecule has 0 amide bonds. The van der Waals surface area contributed by atoms with Crippen LogP contribution in [-0.2, 0) is 0 Å². The van der Waals surface area contributed by atoms with Gasteiger partial charge in [-0.1, -0.05) is 40.9 Å². The third kappa shape index (κ3) is 4.86. The number of aromatic nitrogens is 1. The first-order valence-corrected chi connectivity index (χ1v) is 7.64. The summed E-state index contributed by atoms with van der Waals surface area (Å²) in [5, 5.41) is 3.26. The fourth-order valence-electron chi connectivity index (χ4n) is 2.58. The number of nitrogens with zero attached hydrogens (tertiary/aromatic N) is 1. The van der Waals surface area contributed by atoms with E-state index in [1.54, 1.807) is 44.3 Å². The van der Waals surface area contributed by atoms with Gasteiger partial charge < -0.3 is 5.32 Å². The zero-order chi connectivity index (χ0) is 17.0. The van der Waals surface area contributed by atoms with Crippen LogP contribution in [-0.4, -0.2) is 17.7 Å². The fourth-order valence-corrected chi connectivity index (χ4v) is 2.77. The van der Waals surface area contributed by atoms with Gasteiger partial charge in [0, 0.05) is 12.7 Å². The molecule has 1 aromatic carbocycles. The number of anilines is 1. The molecule has 0 spiro atoms. The topological polar surface area (TPSA) is 24.9 Å². The normalized spacial score (nSPS) is 13.0. The minimum absolute atomic E-state index is 0.0840. The van der Waals surface area contributed by atoms with Crippen LogP contribution in [0.3, 0.4) is 0 Å². The number of pyridine rings is 1. The largest absolute Gasteiger partial charge is 0.395 e. The molecule has 1 atom stereocenters. The van der Waals surface area contributed by atoms with E-state index in [0.29, 0.717) is 16.4 Å². The number of halogens is 4. The maximum absolute atomic E-state index is 13.4. The third-order valence-electron chi connectivity index (χ3n) is 3.53. The summed E-state index contributed by atoms with van der Waals surface area (Å²) in [6.45, 7) is 3.74. The molecule has 2 nitrogen and oxygen atoms in total. The average Bonchev–Trinajstić information content (AvgIpc) is 2.42. The Bertz CT molecular complexity index is 651. The van der Waals surface area contributed by atoms with Gasteiger partial charge in [0.25, 0.3) is 0 Å². The Morgan fingerprint density at radius 3 is 2.39 bits per heavy atom. The number of alkyl halides is 3. The number of rotatable bonds is 5. The Kier molecular flexibility index (Phi) is 5.52. The standard InChI is InChI=1S/C17H18ClF3N2/c1-11-8-12(2)10-13(9-11)14(17(19,20)21)5-7-23-16-15(18)4-3-6-22-16/h3-4,6,8-10,14H,5,7H2,1-2H3,(H,22,23)/t14-/m0/s1. The van der Waals surface area contributed by atoms with E-state index in [-0.39, 0.29) is 13.0 Å². The second kappa shape index (κ2) is 7.21. The highest BCUT2D eigenvalue weighted by atomic mass is 35.5. The summed E-state index contributed by atoms with van der Waals surface area (Å²) in [4.78, 5) is 4.01. The van der Waals surface area contributed by atoms with Crippen molar-refractivity contribution < 1.29 is 13.2 Å². The van der Waals surface area contributed by atoms with Crippen molar-refractivity contribution in [2.75, 3.05) is 11.9 Å². The highest BCUT2D eigenvalue weighted by Gasteiger charge is 2.40. The van der Waals surface area contributed by atoms with Gasteiger partial charge in [0.2, 0.25) is 0 Å². The van der Waals surface area contributed by atoms with Crippen molar-refractivity contribution in [3.05, 3.63) is 58.2 Å². The molecule has 1 aromatic heterocycles. The van der Waals surface area contributed by atoms with E-state index in [0.717, 1.165) is 11.1 Å². The molecule has 0 saturated carbocycles. The van der Waals surface area contributed by atoms with Gasteiger partial charge in [-0.15, -0.1) is 0 Å². The minimum atomic E-state index is -4.30. The quantitative estimate of drug-likeness (QED) is 0.776. The Labute approximate surface area is 138 Å². The van der Waals surface area contributed by atoms with Gasteiger partial charge in [0.05, 0.1) is 10.9 Å². The van der Waals surface area contributed by atoms with E-state index in [2.05, 4.69) is 10.3 Å². The molecule has 124 valence electrons. The average molecular weight is 343 g/mol. The lowest BCUT2D eigenvalue weighted by Crippen LogP contribution is -2.23. The zero-order valence-electron chi connectivity index (χ0n) is 12.9. The number of benzene rings is 1. The Balaban J connectivity index is 2.12. The molecule has 0 fully saturated rings. The summed E-state index contributed by atoms with van der Waals surface area (Å²) in [6, 6.07) is 8.37. The van der Waals surface area contributed by atoms with Crippen LogP contribution in [0.5, 0.6) is 0 Å². The van der Waals surface area contributed by atoms with Gasteiger partial charge in [-0.05, 0) is 38.0 Å². The van der Waals surface area contributed by atoms with E-state index in [4.69, 9.17) is 11.6 Å². The monoisotopic (exact) mass is 342 g/mol. The summed E-state index contributed by atoms with van der Waals surface area (Å²) in [7, 11) is 0. The maximum atomic E-state index is 13.4. The minimum Gasteiger partial charge on any atom is -0.369 e. The van der Waals surface area contributed by atoms with Crippen molar-refractivity contribution in [3.63, 3.8) is 0 Å². The molecule has 0 bridgehead atoms. The predicted molar refractivity (Wildman–Crippen MR) is 87.1 cm³/mol. The number of nitrogens with one attached hydrogen (secondary N) is 1. The van der Waals surface area contributed by atoms with Crippen LogP contribution in [0.1, 0.15) is 29.0 Å². The van der Waals surface area contributed by atoms with E-state index in [1.165, 1.54) is 0 Å². The van der Waals surface area contributed by atoms with Crippen LogP contribution in [0.2, 0.25) is 5.02 Å². The molecular weight excluding hydrogens is 325 g/mol. The molecule has 1 N–H and O–H groups in total. The van der Waals surface area contributed by atoms with Crippen LogP contribution in [0.25, 0.3) is 0 Å². The van der Waals surface area contributed by atoms with Crippen LogP contribution >= 0.6 is 11.6 Å². The van der Waals surface area contributed by atoms with Crippen LogP contribution in [0.4, 0.5) is 19.0 Å². The van der Waals surface area contributed by atoms with Crippen molar-refractivity contribution in [1.82, 2.24) is 4.98 Å². The lowest BCUT2D eigenvalue weighted by Gasteiger charge is -2.22. The van der Waals surface area contributed by atoms with Gasteiger partial charge in [-0.3, -0.25) is 0 Å². The molecule has 2 rings (SSSR count). The maximum Gasteiger partial charge on any atom is 0.395 e. The molecule has 0 aliphatic carbocycles. The summed E-state index contributed by atoms with van der Waals surface area (Å²) in [6.07, 6.45) is -2.84. The highest BCUT2D eigenvalue weighted by molar-refractivity contribution is 6.32. The molecule has 0 aliphatic rings. The SMILES string of the molecule is Cc1cc(C)cc([C@H](CCNc2ncccc2Cl)C(F)(F)F)c1. The van der Waals surface area contributed by atoms with E-state index in [9.17, 15) is 13.2 Å². The van der Waals surface area contributed by atoms with E-state index < -0.39 is 12.1 Å². The van der Waals surface area contributed by atoms with Gasteiger partial charge >= 0.3 is 6.18 Å². The fraction of sp³-hybridized carbons (Fsp3) is 0.353. The first kappa shape index (κ1) is 17.6. The van der Waals surface area contributed by atoms with Gasteiger partial charge in [-0.2, -0.15) is 13.2 Å². The lowest BCUT2D eigenvalue weighted by atomic mass is 9.92. The third-order valence-corrected chi connectivity index (χ3v) is 3.83. The number of hydrogen-bond acceptors (Lipinski definition) is 2. The molecule has 0 radical (unpaired) electrons. The summed E-state index contributed by atoms with van der Waals surface area (Å²) in [5.74, 6) is -1.12. The predicted octanol–water partition coefficient (Wildman–Crippen LogP) is 5.50. The van der Waals surface area contributed by atoms with Crippen LogP contribution < -0.4 is 5.32 Å². The highest BCUT2D eigenvalue weighted by Crippen LogP contribution is 2.38. The van der Waals surface area contributed by atoms with Crippen molar-refractivity contribution in [1.29, 1.82) is 0 Å². The summed E-state index contributed by atoms with van der Waals surface area (Å²) in [5.41, 5.74) is 1.95. The zero-order valence-corrected chi connectivity index (χ0v) is 13.7. The summed E-state index contributed by atoms with van der Waals surface area (Å²) < 4.78 is 40.2. The second-order valence-corrected chi connectivity index (χ2v) is 5.97. The molecule has 0 aliphatic heterocycles. The first-order chi connectivity index (χ1) is 10.8. The Hall–Kier alpha value is -1.75. The van der Waals surface area contributed by atoms with E-state index >= 15 is 0 Å². The smallest absolute Gasteiger partial charge is 0.369 e.